The highest BCUT2D eigenvalue weighted by Gasteiger charge is 2.26. The Bertz CT molecular complexity index is 1120. The molecule has 1 aliphatic carbocycles. The van der Waals surface area contributed by atoms with E-state index in [-0.39, 0.29) is 23.0 Å². The second-order valence-electron chi connectivity index (χ2n) is 8.93. The molecule has 0 aliphatic heterocycles. The molecular weight excluding hydrogens is 454 g/mol. The molecule has 180 valence electrons. The lowest BCUT2D eigenvalue weighted by molar-refractivity contribution is -0.120. The van der Waals surface area contributed by atoms with Gasteiger partial charge in [0.25, 0.3) is 5.91 Å². The summed E-state index contributed by atoms with van der Waals surface area (Å²) in [5.74, 6) is -0.836. The summed E-state index contributed by atoms with van der Waals surface area (Å²) in [5, 5.41) is 6.33. The molecule has 4 rings (SSSR count). The van der Waals surface area contributed by atoms with Crippen LogP contribution in [0.4, 0.5) is 5.69 Å². The van der Waals surface area contributed by atoms with Gasteiger partial charge in [-0.25, -0.2) is 0 Å². The first-order valence-electron chi connectivity index (χ1n) is 12.1. The minimum absolute atomic E-state index is 0.111. The van der Waals surface area contributed by atoms with E-state index in [2.05, 4.69) is 10.6 Å². The SMILES string of the molecule is CN(C(=S)NC(=O)C(c1ccccc1)c1ccccc1)c1ccccc1C(=O)NC1CCCCC1. The molecule has 2 N–H and O–H groups in total. The Hall–Kier alpha value is -3.51. The molecule has 0 unspecified atom stereocenters. The van der Waals surface area contributed by atoms with Gasteiger partial charge in [0, 0.05) is 13.1 Å². The number of hydrogen-bond donors (Lipinski definition) is 2. The molecule has 0 heterocycles. The second-order valence-corrected chi connectivity index (χ2v) is 9.32. The van der Waals surface area contributed by atoms with Gasteiger partial charge in [-0.15, -0.1) is 0 Å². The van der Waals surface area contributed by atoms with E-state index < -0.39 is 5.92 Å². The molecule has 1 saturated carbocycles. The molecule has 5 nitrogen and oxygen atoms in total. The first-order chi connectivity index (χ1) is 17.0. The molecule has 3 aromatic carbocycles. The summed E-state index contributed by atoms with van der Waals surface area (Å²) in [6.07, 6.45) is 5.54. The van der Waals surface area contributed by atoms with Crippen molar-refractivity contribution in [2.75, 3.05) is 11.9 Å². The Morgan fingerprint density at radius 2 is 1.37 bits per heavy atom. The van der Waals surface area contributed by atoms with Crippen LogP contribution in [0.1, 0.15) is 59.5 Å². The fraction of sp³-hybridized carbons (Fsp3) is 0.276. The smallest absolute Gasteiger partial charge is 0.253 e. The zero-order chi connectivity index (χ0) is 24.6. The van der Waals surface area contributed by atoms with Crippen LogP contribution < -0.4 is 15.5 Å². The molecule has 2 amide bonds. The van der Waals surface area contributed by atoms with Gasteiger partial charge in [0.1, 0.15) is 0 Å². The Labute approximate surface area is 212 Å². The van der Waals surface area contributed by atoms with Gasteiger partial charge in [0.2, 0.25) is 5.91 Å². The highest BCUT2D eigenvalue weighted by molar-refractivity contribution is 7.80. The summed E-state index contributed by atoms with van der Waals surface area (Å²) in [4.78, 5) is 28.3. The number of anilines is 1. The molecule has 0 aromatic heterocycles. The van der Waals surface area contributed by atoms with Gasteiger partial charge in [0.05, 0.1) is 17.2 Å². The lowest BCUT2D eigenvalue weighted by Gasteiger charge is -2.26. The molecule has 0 saturated heterocycles. The summed E-state index contributed by atoms with van der Waals surface area (Å²) in [6, 6.07) is 26.9. The summed E-state index contributed by atoms with van der Waals surface area (Å²) in [6.45, 7) is 0. The van der Waals surface area contributed by atoms with Gasteiger partial charge < -0.3 is 15.5 Å². The van der Waals surface area contributed by atoms with Crippen molar-refractivity contribution < 1.29 is 9.59 Å². The molecule has 1 aliphatic rings. The minimum atomic E-state index is -0.506. The number of thiocarbonyl (C=S) groups is 1. The molecular formula is C29H31N3O2S. The minimum Gasteiger partial charge on any atom is -0.349 e. The van der Waals surface area contributed by atoms with Crippen LogP contribution in [-0.2, 0) is 4.79 Å². The van der Waals surface area contributed by atoms with Gasteiger partial charge >= 0.3 is 0 Å². The number of para-hydroxylation sites is 1. The normalized spacial score (nSPS) is 13.8. The Balaban J connectivity index is 1.51. The number of hydrogen-bond acceptors (Lipinski definition) is 3. The largest absolute Gasteiger partial charge is 0.349 e. The van der Waals surface area contributed by atoms with E-state index in [0.717, 1.165) is 36.8 Å². The quantitative estimate of drug-likeness (QED) is 0.458. The zero-order valence-electron chi connectivity index (χ0n) is 19.9. The third-order valence-electron chi connectivity index (χ3n) is 6.51. The predicted molar refractivity (Wildman–Crippen MR) is 145 cm³/mol. The van der Waals surface area contributed by atoms with E-state index in [1.807, 2.05) is 78.9 Å². The van der Waals surface area contributed by atoms with Gasteiger partial charge in [-0.3, -0.25) is 9.59 Å². The van der Waals surface area contributed by atoms with Crippen molar-refractivity contribution in [3.05, 3.63) is 102 Å². The van der Waals surface area contributed by atoms with E-state index in [9.17, 15) is 9.59 Å². The maximum Gasteiger partial charge on any atom is 0.253 e. The topological polar surface area (TPSA) is 61.4 Å². The standard InChI is InChI=1S/C29H31N3O2S/c1-32(25-20-12-11-19-24(25)27(33)30-23-17-9-4-10-18-23)29(35)31-28(34)26(21-13-5-2-6-14-21)22-15-7-3-8-16-22/h2-3,5-8,11-16,19-20,23,26H,4,9-10,17-18H2,1H3,(H,30,33)(H,31,34,35). The van der Waals surface area contributed by atoms with Gasteiger partial charge in [-0.2, -0.15) is 0 Å². The van der Waals surface area contributed by atoms with E-state index in [1.165, 1.54) is 6.42 Å². The number of carbonyl (C=O) groups is 2. The van der Waals surface area contributed by atoms with Crippen molar-refractivity contribution in [3.8, 4) is 0 Å². The number of rotatable bonds is 6. The highest BCUT2D eigenvalue weighted by atomic mass is 32.1. The van der Waals surface area contributed by atoms with Crippen LogP contribution in [0.15, 0.2) is 84.9 Å². The predicted octanol–water partition coefficient (Wildman–Crippen LogP) is 5.42. The first-order valence-corrected chi connectivity index (χ1v) is 12.5. The lowest BCUT2D eigenvalue weighted by Crippen LogP contribution is -2.44. The van der Waals surface area contributed by atoms with E-state index >= 15 is 0 Å². The van der Waals surface area contributed by atoms with Crippen molar-refractivity contribution in [1.82, 2.24) is 10.6 Å². The van der Waals surface area contributed by atoms with Crippen molar-refractivity contribution in [2.24, 2.45) is 0 Å². The fourth-order valence-corrected chi connectivity index (χ4v) is 4.82. The summed E-state index contributed by atoms with van der Waals surface area (Å²) >= 11 is 5.62. The Kier molecular flexibility index (Phi) is 8.27. The van der Waals surface area contributed by atoms with Crippen molar-refractivity contribution >= 4 is 34.8 Å². The van der Waals surface area contributed by atoms with Crippen molar-refractivity contribution in [2.45, 2.75) is 44.1 Å². The van der Waals surface area contributed by atoms with E-state index in [1.54, 1.807) is 18.0 Å². The average Bonchev–Trinajstić information content (AvgIpc) is 2.90. The van der Waals surface area contributed by atoms with Crippen LogP contribution in [0.25, 0.3) is 0 Å². The maximum absolute atomic E-state index is 13.5. The van der Waals surface area contributed by atoms with Crippen LogP contribution in [0.5, 0.6) is 0 Å². The lowest BCUT2D eigenvalue weighted by atomic mass is 9.90. The van der Waals surface area contributed by atoms with Crippen LogP contribution in [-0.4, -0.2) is 30.0 Å². The average molecular weight is 486 g/mol. The van der Waals surface area contributed by atoms with Gasteiger partial charge in [-0.1, -0.05) is 92.1 Å². The first kappa shape index (κ1) is 24.6. The maximum atomic E-state index is 13.5. The highest BCUT2D eigenvalue weighted by Crippen LogP contribution is 2.26. The molecule has 0 atom stereocenters. The number of nitrogens with one attached hydrogen (secondary N) is 2. The molecule has 0 spiro atoms. The fourth-order valence-electron chi connectivity index (χ4n) is 4.63. The monoisotopic (exact) mass is 485 g/mol. The zero-order valence-corrected chi connectivity index (χ0v) is 20.8. The number of benzene rings is 3. The third-order valence-corrected chi connectivity index (χ3v) is 6.89. The van der Waals surface area contributed by atoms with Gasteiger partial charge in [-0.05, 0) is 48.3 Å². The van der Waals surface area contributed by atoms with Crippen LogP contribution in [0.2, 0.25) is 0 Å². The molecule has 1 fully saturated rings. The second kappa shape index (κ2) is 11.8. The molecule has 35 heavy (non-hydrogen) atoms. The van der Waals surface area contributed by atoms with Crippen molar-refractivity contribution in [1.29, 1.82) is 0 Å². The van der Waals surface area contributed by atoms with E-state index in [0.29, 0.717) is 11.3 Å². The summed E-state index contributed by atoms with van der Waals surface area (Å²) in [5.41, 5.74) is 2.96. The molecule has 0 bridgehead atoms. The molecule has 0 radical (unpaired) electrons. The summed E-state index contributed by atoms with van der Waals surface area (Å²) in [7, 11) is 1.77. The van der Waals surface area contributed by atoms with E-state index in [4.69, 9.17) is 12.2 Å². The number of amides is 2. The van der Waals surface area contributed by atoms with Crippen LogP contribution in [0.3, 0.4) is 0 Å². The third kappa shape index (κ3) is 6.14. The van der Waals surface area contributed by atoms with Crippen LogP contribution in [0, 0.1) is 0 Å². The number of carbonyl (C=O) groups excluding carboxylic acids is 2. The molecule has 3 aromatic rings. The van der Waals surface area contributed by atoms with Crippen molar-refractivity contribution in [3.63, 3.8) is 0 Å². The number of nitrogens with zero attached hydrogens (tertiary/aromatic N) is 1. The summed E-state index contributed by atoms with van der Waals surface area (Å²) < 4.78 is 0. The Morgan fingerprint density at radius 3 is 1.97 bits per heavy atom. The molecule has 6 heteroatoms. The Morgan fingerprint density at radius 1 is 0.829 bits per heavy atom. The van der Waals surface area contributed by atoms with Crippen LogP contribution >= 0.6 is 12.2 Å². The van der Waals surface area contributed by atoms with Gasteiger partial charge in [0.15, 0.2) is 5.11 Å².